The van der Waals surface area contributed by atoms with Crippen LogP contribution in [0.3, 0.4) is 0 Å². The zero-order valence-corrected chi connectivity index (χ0v) is 12.8. The molecule has 20 heavy (non-hydrogen) atoms. The van der Waals surface area contributed by atoms with Crippen LogP contribution in [0.2, 0.25) is 0 Å². The second kappa shape index (κ2) is 5.77. The first-order valence-electron chi connectivity index (χ1n) is 8.17. The summed E-state index contributed by atoms with van der Waals surface area (Å²) in [5, 5.41) is 10.1. The van der Waals surface area contributed by atoms with E-state index in [1.54, 1.807) is 0 Å². The molecule has 0 spiro atoms. The van der Waals surface area contributed by atoms with Crippen LogP contribution < -0.4 is 0 Å². The molecule has 2 bridgehead atoms. The zero-order chi connectivity index (χ0) is 14.1. The van der Waals surface area contributed by atoms with Crippen molar-refractivity contribution in [2.24, 2.45) is 17.8 Å². The third kappa shape index (κ3) is 2.58. The first-order valence-corrected chi connectivity index (χ1v) is 8.17. The van der Waals surface area contributed by atoms with Crippen LogP contribution >= 0.6 is 0 Å². The van der Waals surface area contributed by atoms with E-state index in [2.05, 4.69) is 24.9 Å². The Hall–Kier alpha value is -1.02. The predicted octanol–water partition coefficient (Wildman–Crippen LogP) is 4.21. The molecular formula is C18H27NO. The SMILES string of the molecule is CCC(c1ccccc1O)N(C)CC1CC2CCC1C2. The number of aromatic hydroxyl groups is 1. The van der Waals surface area contributed by atoms with Gasteiger partial charge in [-0.15, -0.1) is 0 Å². The Morgan fingerprint density at radius 2 is 2.05 bits per heavy atom. The van der Waals surface area contributed by atoms with Gasteiger partial charge in [-0.2, -0.15) is 0 Å². The summed E-state index contributed by atoms with van der Waals surface area (Å²) >= 11 is 0. The largest absolute Gasteiger partial charge is 0.508 e. The number of fused-ring (bicyclic) bond motifs is 2. The van der Waals surface area contributed by atoms with Crippen molar-refractivity contribution < 1.29 is 5.11 Å². The summed E-state index contributed by atoms with van der Waals surface area (Å²) in [4.78, 5) is 2.47. The second-order valence-corrected chi connectivity index (χ2v) is 6.86. The van der Waals surface area contributed by atoms with Gasteiger partial charge in [0.2, 0.25) is 0 Å². The van der Waals surface area contributed by atoms with Crippen molar-refractivity contribution in [1.29, 1.82) is 0 Å². The van der Waals surface area contributed by atoms with E-state index in [0.29, 0.717) is 11.8 Å². The molecule has 3 rings (SSSR count). The van der Waals surface area contributed by atoms with E-state index in [1.807, 2.05) is 18.2 Å². The number of benzene rings is 1. The van der Waals surface area contributed by atoms with Crippen LogP contribution in [0.4, 0.5) is 0 Å². The number of para-hydroxylation sites is 1. The quantitative estimate of drug-likeness (QED) is 0.868. The molecular weight excluding hydrogens is 246 g/mol. The van der Waals surface area contributed by atoms with E-state index in [-0.39, 0.29) is 0 Å². The van der Waals surface area contributed by atoms with E-state index in [9.17, 15) is 5.11 Å². The van der Waals surface area contributed by atoms with E-state index in [4.69, 9.17) is 0 Å². The van der Waals surface area contributed by atoms with E-state index < -0.39 is 0 Å². The maximum atomic E-state index is 10.1. The topological polar surface area (TPSA) is 23.5 Å². The minimum atomic E-state index is 0.343. The average molecular weight is 273 g/mol. The summed E-state index contributed by atoms with van der Waals surface area (Å²) in [6.07, 6.45) is 6.89. The molecule has 2 saturated carbocycles. The normalized spacial score (nSPS) is 30.1. The van der Waals surface area contributed by atoms with Gasteiger partial charge in [-0.05, 0) is 56.6 Å². The molecule has 0 saturated heterocycles. The molecule has 1 aromatic carbocycles. The first-order chi connectivity index (χ1) is 9.69. The fourth-order valence-corrected chi connectivity index (χ4v) is 4.64. The molecule has 0 heterocycles. The molecule has 2 nitrogen and oxygen atoms in total. The molecule has 0 amide bonds. The van der Waals surface area contributed by atoms with Crippen LogP contribution in [0.1, 0.15) is 50.6 Å². The smallest absolute Gasteiger partial charge is 0.120 e. The van der Waals surface area contributed by atoms with Crippen molar-refractivity contribution in [1.82, 2.24) is 4.90 Å². The zero-order valence-electron chi connectivity index (χ0n) is 12.8. The van der Waals surface area contributed by atoms with Crippen LogP contribution in [0.25, 0.3) is 0 Å². The summed E-state index contributed by atoms with van der Waals surface area (Å²) in [5.74, 6) is 3.32. The highest BCUT2D eigenvalue weighted by atomic mass is 16.3. The van der Waals surface area contributed by atoms with Crippen LogP contribution in [-0.2, 0) is 0 Å². The monoisotopic (exact) mass is 273 g/mol. The van der Waals surface area contributed by atoms with E-state index in [0.717, 1.165) is 29.7 Å². The van der Waals surface area contributed by atoms with E-state index in [1.165, 1.54) is 32.2 Å². The molecule has 0 radical (unpaired) electrons. The molecule has 2 aliphatic rings. The van der Waals surface area contributed by atoms with Gasteiger partial charge in [0.1, 0.15) is 5.75 Å². The standard InChI is InChI=1S/C18H27NO/c1-3-17(16-6-4-5-7-18(16)20)19(2)12-15-11-13-8-9-14(15)10-13/h4-7,13-15,17,20H,3,8-12H2,1-2H3. The third-order valence-corrected chi connectivity index (χ3v) is 5.62. The number of phenols is 1. The molecule has 1 N–H and O–H groups in total. The summed E-state index contributed by atoms with van der Waals surface area (Å²) in [6.45, 7) is 3.41. The minimum Gasteiger partial charge on any atom is -0.508 e. The molecule has 2 fully saturated rings. The van der Waals surface area contributed by atoms with Crippen LogP contribution in [0.15, 0.2) is 24.3 Å². The molecule has 110 valence electrons. The molecule has 1 aromatic rings. The van der Waals surface area contributed by atoms with Crippen molar-refractivity contribution in [2.45, 2.75) is 45.1 Å². The molecule has 2 aliphatic carbocycles. The van der Waals surface area contributed by atoms with E-state index >= 15 is 0 Å². The van der Waals surface area contributed by atoms with Gasteiger partial charge in [0.15, 0.2) is 0 Å². The summed E-state index contributed by atoms with van der Waals surface area (Å²) in [6, 6.07) is 8.16. The Balaban J connectivity index is 1.68. The maximum Gasteiger partial charge on any atom is 0.120 e. The van der Waals surface area contributed by atoms with Gasteiger partial charge >= 0.3 is 0 Å². The molecule has 4 atom stereocenters. The lowest BCUT2D eigenvalue weighted by molar-refractivity contribution is 0.167. The summed E-state index contributed by atoms with van der Waals surface area (Å²) in [5.41, 5.74) is 1.08. The van der Waals surface area contributed by atoms with Crippen molar-refractivity contribution in [3.8, 4) is 5.75 Å². The van der Waals surface area contributed by atoms with Gasteiger partial charge < -0.3 is 5.11 Å². The van der Waals surface area contributed by atoms with Crippen molar-refractivity contribution >= 4 is 0 Å². The number of hydrogen-bond acceptors (Lipinski definition) is 2. The summed E-state index contributed by atoms with van der Waals surface area (Å²) in [7, 11) is 2.23. The molecule has 0 aromatic heterocycles. The highest BCUT2D eigenvalue weighted by Crippen LogP contribution is 2.49. The fraction of sp³-hybridized carbons (Fsp3) is 0.667. The van der Waals surface area contributed by atoms with Gasteiger partial charge in [-0.25, -0.2) is 0 Å². The van der Waals surface area contributed by atoms with Crippen molar-refractivity contribution in [2.75, 3.05) is 13.6 Å². The number of nitrogens with zero attached hydrogens (tertiary/aromatic N) is 1. The van der Waals surface area contributed by atoms with Crippen LogP contribution in [0, 0.1) is 17.8 Å². The Morgan fingerprint density at radius 1 is 1.25 bits per heavy atom. The summed E-state index contributed by atoms with van der Waals surface area (Å²) < 4.78 is 0. The lowest BCUT2D eigenvalue weighted by atomic mass is 9.88. The highest BCUT2D eigenvalue weighted by Gasteiger charge is 2.40. The van der Waals surface area contributed by atoms with Gasteiger partial charge in [-0.3, -0.25) is 4.90 Å². The minimum absolute atomic E-state index is 0.343. The Morgan fingerprint density at radius 3 is 2.65 bits per heavy atom. The maximum absolute atomic E-state index is 10.1. The fourth-order valence-electron chi connectivity index (χ4n) is 4.64. The first kappa shape index (κ1) is 13.9. The van der Waals surface area contributed by atoms with Crippen LogP contribution in [0.5, 0.6) is 5.75 Å². The molecule has 4 unspecified atom stereocenters. The highest BCUT2D eigenvalue weighted by molar-refractivity contribution is 5.34. The van der Waals surface area contributed by atoms with Crippen LogP contribution in [-0.4, -0.2) is 23.6 Å². The van der Waals surface area contributed by atoms with Crippen molar-refractivity contribution in [3.05, 3.63) is 29.8 Å². The number of hydrogen-bond donors (Lipinski definition) is 1. The third-order valence-electron chi connectivity index (χ3n) is 5.62. The predicted molar refractivity (Wildman–Crippen MR) is 82.7 cm³/mol. The van der Waals surface area contributed by atoms with Gasteiger partial charge in [0, 0.05) is 18.2 Å². The lowest BCUT2D eigenvalue weighted by Gasteiger charge is -2.33. The second-order valence-electron chi connectivity index (χ2n) is 6.86. The van der Waals surface area contributed by atoms with Gasteiger partial charge in [0.25, 0.3) is 0 Å². The van der Waals surface area contributed by atoms with Gasteiger partial charge in [0.05, 0.1) is 0 Å². The molecule has 2 heteroatoms. The number of phenolic OH excluding ortho intramolecular Hbond substituents is 1. The molecule has 0 aliphatic heterocycles. The Bertz CT molecular complexity index is 458. The Kier molecular flexibility index (Phi) is 4.02. The average Bonchev–Trinajstić information content (AvgIpc) is 3.04. The van der Waals surface area contributed by atoms with Gasteiger partial charge in [-0.1, -0.05) is 31.5 Å². The lowest BCUT2D eigenvalue weighted by Crippen LogP contribution is -2.32. The van der Waals surface area contributed by atoms with Crippen molar-refractivity contribution in [3.63, 3.8) is 0 Å². The Labute approximate surface area is 122 Å². The number of rotatable bonds is 5.